The van der Waals surface area contributed by atoms with E-state index in [2.05, 4.69) is 6.92 Å². The van der Waals surface area contributed by atoms with E-state index in [0.717, 1.165) is 12.8 Å². The van der Waals surface area contributed by atoms with Gasteiger partial charge in [0.05, 0.1) is 0 Å². The zero-order valence-corrected chi connectivity index (χ0v) is 11.4. The zero-order valence-electron chi connectivity index (χ0n) is 11.4. The van der Waals surface area contributed by atoms with Crippen LogP contribution >= 0.6 is 0 Å². The van der Waals surface area contributed by atoms with Crippen LogP contribution in [0.4, 0.5) is 0 Å². The molecule has 0 bridgehead atoms. The van der Waals surface area contributed by atoms with Crippen LogP contribution in [-0.2, 0) is 9.53 Å². The molecule has 0 saturated heterocycles. The van der Waals surface area contributed by atoms with Crippen LogP contribution in [0.2, 0.25) is 0 Å². The molecule has 0 amide bonds. The highest BCUT2D eigenvalue weighted by Gasteiger charge is 2.32. The first-order valence-electron chi connectivity index (χ1n) is 6.21. The maximum atomic E-state index is 11.8. The molecule has 0 aliphatic rings. The molecule has 0 aromatic heterocycles. The molecule has 0 saturated carbocycles. The van der Waals surface area contributed by atoms with E-state index < -0.39 is 11.1 Å². The van der Waals surface area contributed by atoms with Gasteiger partial charge < -0.3 is 10.5 Å². The fraction of sp³-hybridized carbons (Fsp3) is 0.923. The van der Waals surface area contributed by atoms with Gasteiger partial charge in [0, 0.05) is 0 Å². The third kappa shape index (κ3) is 6.83. The van der Waals surface area contributed by atoms with Crippen LogP contribution in [0, 0.1) is 0 Å². The Balaban J connectivity index is 4.06. The van der Waals surface area contributed by atoms with Crippen molar-refractivity contribution in [2.75, 3.05) is 0 Å². The van der Waals surface area contributed by atoms with Gasteiger partial charge in [-0.2, -0.15) is 0 Å². The van der Waals surface area contributed by atoms with Gasteiger partial charge in [-0.1, -0.05) is 32.6 Å². The second kappa shape index (κ2) is 6.24. The molecule has 0 aliphatic heterocycles. The van der Waals surface area contributed by atoms with Crippen LogP contribution in [0.3, 0.4) is 0 Å². The van der Waals surface area contributed by atoms with E-state index in [9.17, 15) is 4.79 Å². The monoisotopic (exact) mass is 229 g/mol. The summed E-state index contributed by atoms with van der Waals surface area (Å²) < 4.78 is 5.30. The third-order valence-electron chi connectivity index (χ3n) is 2.41. The van der Waals surface area contributed by atoms with Crippen molar-refractivity contribution in [1.29, 1.82) is 0 Å². The van der Waals surface area contributed by atoms with Crippen molar-refractivity contribution in [3.63, 3.8) is 0 Å². The SMILES string of the molecule is CCCCCCC(C)(N)C(=O)OC(C)(C)C. The molecule has 0 radical (unpaired) electrons. The molecule has 1 atom stereocenters. The molecule has 3 heteroatoms. The molecular formula is C13H27NO2. The van der Waals surface area contributed by atoms with E-state index in [1.54, 1.807) is 6.92 Å². The van der Waals surface area contributed by atoms with E-state index >= 15 is 0 Å². The molecule has 0 aromatic carbocycles. The molecule has 0 spiro atoms. The van der Waals surface area contributed by atoms with E-state index in [4.69, 9.17) is 10.5 Å². The van der Waals surface area contributed by atoms with Crippen LogP contribution in [0.15, 0.2) is 0 Å². The predicted molar refractivity (Wildman–Crippen MR) is 67.2 cm³/mol. The molecule has 2 N–H and O–H groups in total. The van der Waals surface area contributed by atoms with E-state index in [1.807, 2.05) is 20.8 Å². The van der Waals surface area contributed by atoms with Gasteiger partial charge in [-0.15, -0.1) is 0 Å². The first-order valence-corrected chi connectivity index (χ1v) is 6.21. The molecule has 3 nitrogen and oxygen atoms in total. The first-order chi connectivity index (χ1) is 7.19. The summed E-state index contributed by atoms with van der Waals surface area (Å²) in [7, 11) is 0. The fourth-order valence-corrected chi connectivity index (χ4v) is 1.42. The maximum absolute atomic E-state index is 11.8. The Morgan fingerprint density at radius 2 is 1.69 bits per heavy atom. The fourth-order valence-electron chi connectivity index (χ4n) is 1.42. The summed E-state index contributed by atoms with van der Waals surface area (Å²) in [6.07, 6.45) is 5.20. The summed E-state index contributed by atoms with van der Waals surface area (Å²) in [5.74, 6) is -0.295. The van der Waals surface area contributed by atoms with Gasteiger partial charge in [0.15, 0.2) is 0 Å². The largest absolute Gasteiger partial charge is 0.459 e. The highest BCUT2D eigenvalue weighted by Crippen LogP contribution is 2.18. The van der Waals surface area contributed by atoms with E-state index in [0.29, 0.717) is 6.42 Å². The van der Waals surface area contributed by atoms with Crippen molar-refractivity contribution in [1.82, 2.24) is 0 Å². The average molecular weight is 229 g/mol. The molecule has 0 fully saturated rings. The highest BCUT2D eigenvalue weighted by atomic mass is 16.6. The summed E-state index contributed by atoms with van der Waals surface area (Å²) in [4.78, 5) is 11.8. The lowest BCUT2D eigenvalue weighted by molar-refractivity contribution is -0.161. The number of ether oxygens (including phenoxy) is 1. The average Bonchev–Trinajstić information content (AvgIpc) is 2.09. The minimum absolute atomic E-state index is 0.295. The molecular weight excluding hydrogens is 202 g/mol. The van der Waals surface area contributed by atoms with Gasteiger partial charge in [0.2, 0.25) is 0 Å². The molecule has 0 aromatic rings. The lowest BCUT2D eigenvalue weighted by atomic mass is 9.95. The van der Waals surface area contributed by atoms with E-state index in [1.165, 1.54) is 12.8 Å². The third-order valence-corrected chi connectivity index (χ3v) is 2.41. The van der Waals surface area contributed by atoms with Crippen LogP contribution in [0.1, 0.15) is 66.7 Å². The van der Waals surface area contributed by atoms with Gasteiger partial charge in [-0.25, -0.2) is 0 Å². The van der Waals surface area contributed by atoms with Crippen molar-refractivity contribution >= 4 is 5.97 Å². The van der Waals surface area contributed by atoms with Crippen molar-refractivity contribution in [2.45, 2.75) is 77.9 Å². The van der Waals surface area contributed by atoms with Crippen molar-refractivity contribution in [3.8, 4) is 0 Å². The molecule has 0 heterocycles. The van der Waals surface area contributed by atoms with Gasteiger partial charge in [-0.3, -0.25) is 4.79 Å². The van der Waals surface area contributed by atoms with Gasteiger partial charge in [0.1, 0.15) is 11.1 Å². The van der Waals surface area contributed by atoms with Crippen molar-refractivity contribution in [2.24, 2.45) is 5.73 Å². The summed E-state index contributed by atoms with van der Waals surface area (Å²) in [6.45, 7) is 9.50. The number of carbonyl (C=O) groups excluding carboxylic acids is 1. The summed E-state index contributed by atoms with van der Waals surface area (Å²) in [5, 5.41) is 0. The lowest BCUT2D eigenvalue weighted by Crippen LogP contribution is -2.48. The number of carbonyl (C=O) groups is 1. The number of nitrogens with two attached hydrogens (primary N) is 1. The Kier molecular flexibility index (Phi) is 6.01. The van der Waals surface area contributed by atoms with Crippen molar-refractivity contribution in [3.05, 3.63) is 0 Å². The molecule has 96 valence electrons. The van der Waals surface area contributed by atoms with Crippen LogP contribution in [0.25, 0.3) is 0 Å². The summed E-state index contributed by atoms with van der Waals surface area (Å²) in [5.41, 5.74) is 4.67. The quantitative estimate of drug-likeness (QED) is 0.562. The lowest BCUT2D eigenvalue weighted by Gasteiger charge is -2.28. The number of unbranched alkanes of at least 4 members (excludes halogenated alkanes) is 3. The van der Waals surface area contributed by atoms with E-state index in [-0.39, 0.29) is 5.97 Å². The second-order valence-corrected chi connectivity index (χ2v) is 5.73. The Morgan fingerprint density at radius 1 is 1.12 bits per heavy atom. The first kappa shape index (κ1) is 15.4. The standard InChI is InChI=1S/C13H27NO2/c1-6-7-8-9-10-13(5,14)11(15)16-12(2,3)4/h6-10,14H2,1-5H3. The minimum Gasteiger partial charge on any atom is -0.459 e. The normalized spacial score (nSPS) is 15.6. The van der Waals surface area contributed by atoms with Crippen LogP contribution in [-0.4, -0.2) is 17.1 Å². The Hall–Kier alpha value is -0.570. The number of rotatable bonds is 6. The topological polar surface area (TPSA) is 52.3 Å². The second-order valence-electron chi connectivity index (χ2n) is 5.73. The highest BCUT2D eigenvalue weighted by molar-refractivity contribution is 5.80. The maximum Gasteiger partial charge on any atom is 0.326 e. The Labute approximate surface area is 99.7 Å². The number of esters is 1. The minimum atomic E-state index is -0.846. The molecule has 0 rings (SSSR count). The molecule has 0 aliphatic carbocycles. The van der Waals surface area contributed by atoms with Gasteiger partial charge in [0.25, 0.3) is 0 Å². The molecule has 1 unspecified atom stereocenters. The van der Waals surface area contributed by atoms with Crippen LogP contribution < -0.4 is 5.73 Å². The Bertz CT molecular complexity index is 216. The zero-order chi connectivity index (χ0) is 12.8. The summed E-state index contributed by atoms with van der Waals surface area (Å²) in [6, 6.07) is 0. The van der Waals surface area contributed by atoms with Gasteiger partial charge in [-0.05, 0) is 34.1 Å². The van der Waals surface area contributed by atoms with Gasteiger partial charge >= 0.3 is 5.97 Å². The van der Waals surface area contributed by atoms with Crippen molar-refractivity contribution < 1.29 is 9.53 Å². The summed E-state index contributed by atoms with van der Waals surface area (Å²) >= 11 is 0. The van der Waals surface area contributed by atoms with Crippen LogP contribution in [0.5, 0.6) is 0 Å². The Morgan fingerprint density at radius 3 is 2.12 bits per heavy atom. The smallest absolute Gasteiger partial charge is 0.326 e. The predicted octanol–water partition coefficient (Wildman–Crippen LogP) is 3.02. The number of hydrogen-bond acceptors (Lipinski definition) is 3. The molecule has 16 heavy (non-hydrogen) atoms. The number of hydrogen-bond donors (Lipinski definition) is 1.